The summed E-state index contributed by atoms with van der Waals surface area (Å²) < 4.78 is 0. The van der Waals surface area contributed by atoms with Crippen LogP contribution in [-0.2, 0) is 9.59 Å². The minimum absolute atomic E-state index is 0.0335. The first-order valence-corrected chi connectivity index (χ1v) is 9.86. The second-order valence-corrected chi connectivity index (χ2v) is 7.75. The second-order valence-electron chi connectivity index (χ2n) is 7.75. The average molecular weight is 377 g/mol. The van der Waals surface area contributed by atoms with E-state index in [2.05, 4.69) is 19.2 Å². The van der Waals surface area contributed by atoms with Crippen LogP contribution in [0, 0.1) is 5.92 Å². The minimum atomic E-state index is -0.283. The predicted octanol–water partition coefficient (Wildman–Crippen LogP) is 4.85. The molecule has 0 aliphatic carbocycles. The van der Waals surface area contributed by atoms with Gasteiger partial charge in [-0.15, -0.1) is 0 Å². The van der Waals surface area contributed by atoms with Crippen LogP contribution in [0.3, 0.4) is 0 Å². The SMILES string of the molecule is CC(=O)N1C=Cc2ccccc2C1CC(=O)NC(CC(C)C)c1ccccc1. The fourth-order valence-electron chi connectivity index (χ4n) is 3.78. The molecule has 1 N–H and O–H groups in total. The number of hydrogen-bond donors (Lipinski definition) is 1. The van der Waals surface area contributed by atoms with Crippen LogP contribution in [0.4, 0.5) is 0 Å². The zero-order valence-electron chi connectivity index (χ0n) is 16.8. The Morgan fingerprint density at radius 2 is 1.71 bits per heavy atom. The van der Waals surface area contributed by atoms with Gasteiger partial charge in [-0.2, -0.15) is 0 Å². The molecular weight excluding hydrogens is 348 g/mol. The first-order chi connectivity index (χ1) is 13.5. The lowest BCUT2D eigenvalue weighted by molar-refractivity contribution is -0.130. The third-order valence-electron chi connectivity index (χ3n) is 5.09. The average Bonchev–Trinajstić information content (AvgIpc) is 2.68. The van der Waals surface area contributed by atoms with Crippen molar-refractivity contribution in [3.63, 3.8) is 0 Å². The molecule has 146 valence electrons. The molecule has 2 aromatic carbocycles. The van der Waals surface area contributed by atoms with Crippen LogP contribution in [0.1, 0.15) is 62.4 Å². The van der Waals surface area contributed by atoms with E-state index in [1.807, 2.05) is 60.7 Å². The molecule has 0 aromatic heterocycles. The Hall–Kier alpha value is -2.88. The zero-order valence-corrected chi connectivity index (χ0v) is 16.8. The summed E-state index contributed by atoms with van der Waals surface area (Å²) in [6.45, 7) is 5.85. The number of rotatable bonds is 6. The molecule has 1 heterocycles. The Balaban J connectivity index is 1.79. The van der Waals surface area contributed by atoms with E-state index in [-0.39, 0.29) is 30.3 Å². The Bertz CT molecular complexity index is 858. The van der Waals surface area contributed by atoms with Crippen LogP contribution in [0.2, 0.25) is 0 Å². The lowest BCUT2D eigenvalue weighted by atomic mass is 9.92. The first-order valence-electron chi connectivity index (χ1n) is 9.86. The highest BCUT2D eigenvalue weighted by Gasteiger charge is 2.29. The normalized spacial score (nSPS) is 16.6. The zero-order chi connectivity index (χ0) is 20.1. The molecule has 2 amide bonds. The van der Waals surface area contributed by atoms with Gasteiger partial charge in [-0.3, -0.25) is 9.59 Å². The molecule has 4 heteroatoms. The molecule has 0 saturated carbocycles. The summed E-state index contributed by atoms with van der Waals surface area (Å²) in [5.41, 5.74) is 3.17. The topological polar surface area (TPSA) is 49.4 Å². The van der Waals surface area contributed by atoms with Gasteiger partial charge in [0.1, 0.15) is 0 Å². The number of carbonyl (C=O) groups is 2. The highest BCUT2D eigenvalue weighted by atomic mass is 16.2. The molecule has 0 bridgehead atoms. The van der Waals surface area contributed by atoms with E-state index in [1.54, 1.807) is 11.1 Å². The summed E-state index contributed by atoms with van der Waals surface area (Å²) in [5.74, 6) is 0.346. The number of nitrogens with zero attached hydrogens (tertiary/aromatic N) is 1. The molecular formula is C24H28N2O2. The Morgan fingerprint density at radius 3 is 2.39 bits per heavy atom. The van der Waals surface area contributed by atoms with Crippen molar-refractivity contribution < 1.29 is 9.59 Å². The van der Waals surface area contributed by atoms with Gasteiger partial charge in [-0.1, -0.05) is 68.4 Å². The monoisotopic (exact) mass is 376 g/mol. The number of amides is 2. The molecule has 1 aliphatic heterocycles. The number of carbonyl (C=O) groups excluding carboxylic acids is 2. The highest BCUT2D eigenvalue weighted by Crippen LogP contribution is 2.33. The van der Waals surface area contributed by atoms with Gasteiger partial charge in [-0.25, -0.2) is 0 Å². The highest BCUT2D eigenvalue weighted by molar-refractivity contribution is 5.82. The lowest BCUT2D eigenvalue weighted by Gasteiger charge is -2.33. The predicted molar refractivity (Wildman–Crippen MR) is 112 cm³/mol. The molecule has 3 rings (SSSR count). The molecule has 1 aliphatic rings. The van der Waals surface area contributed by atoms with E-state index < -0.39 is 0 Å². The molecule has 0 saturated heterocycles. The molecule has 0 radical (unpaired) electrons. The van der Waals surface area contributed by atoms with E-state index in [1.165, 1.54) is 6.92 Å². The summed E-state index contributed by atoms with van der Waals surface area (Å²) in [5, 5.41) is 3.20. The summed E-state index contributed by atoms with van der Waals surface area (Å²) >= 11 is 0. The third kappa shape index (κ3) is 4.69. The fraction of sp³-hybridized carbons (Fsp3) is 0.333. The lowest BCUT2D eigenvalue weighted by Crippen LogP contribution is -2.36. The van der Waals surface area contributed by atoms with Crippen LogP contribution in [0.5, 0.6) is 0 Å². The van der Waals surface area contributed by atoms with Crippen molar-refractivity contribution in [3.8, 4) is 0 Å². The smallest absolute Gasteiger partial charge is 0.223 e. The standard InChI is InChI=1S/C24H28N2O2/c1-17(2)15-22(20-10-5-4-6-11-20)25-24(28)16-23-21-12-8-7-9-19(21)13-14-26(23)18(3)27/h4-14,17,22-23H,15-16H2,1-3H3,(H,25,28). The summed E-state index contributed by atoms with van der Waals surface area (Å²) in [6.07, 6.45) is 4.82. The Labute approximate surface area is 167 Å². The number of hydrogen-bond acceptors (Lipinski definition) is 2. The summed E-state index contributed by atoms with van der Waals surface area (Å²) in [6, 6.07) is 17.7. The summed E-state index contributed by atoms with van der Waals surface area (Å²) in [7, 11) is 0. The molecule has 0 spiro atoms. The maximum atomic E-state index is 13.0. The van der Waals surface area contributed by atoms with Crippen molar-refractivity contribution in [1.82, 2.24) is 10.2 Å². The molecule has 2 unspecified atom stereocenters. The van der Waals surface area contributed by atoms with Gasteiger partial charge in [0.25, 0.3) is 0 Å². The number of nitrogens with one attached hydrogen (secondary N) is 1. The molecule has 2 aromatic rings. The fourth-order valence-corrected chi connectivity index (χ4v) is 3.78. The van der Waals surface area contributed by atoms with E-state index in [0.717, 1.165) is 23.1 Å². The first kappa shape index (κ1) is 19.9. The minimum Gasteiger partial charge on any atom is -0.349 e. The van der Waals surface area contributed by atoms with Crippen molar-refractivity contribution in [3.05, 3.63) is 77.5 Å². The van der Waals surface area contributed by atoms with Crippen LogP contribution in [-0.4, -0.2) is 16.7 Å². The van der Waals surface area contributed by atoms with Crippen LogP contribution in [0.25, 0.3) is 6.08 Å². The van der Waals surface area contributed by atoms with Crippen molar-refractivity contribution in [2.75, 3.05) is 0 Å². The Kier molecular flexibility index (Phi) is 6.30. The van der Waals surface area contributed by atoms with Gasteiger partial charge >= 0.3 is 0 Å². The second kappa shape index (κ2) is 8.87. The van der Waals surface area contributed by atoms with Gasteiger partial charge in [0, 0.05) is 13.1 Å². The number of benzene rings is 2. The van der Waals surface area contributed by atoms with E-state index in [9.17, 15) is 9.59 Å². The number of fused-ring (bicyclic) bond motifs is 1. The largest absolute Gasteiger partial charge is 0.349 e. The van der Waals surface area contributed by atoms with Gasteiger partial charge in [0.2, 0.25) is 11.8 Å². The van der Waals surface area contributed by atoms with Crippen LogP contribution >= 0.6 is 0 Å². The molecule has 2 atom stereocenters. The van der Waals surface area contributed by atoms with Gasteiger partial charge in [0.15, 0.2) is 0 Å². The maximum Gasteiger partial charge on any atom is 0.223 e. The Morgan fingerprint density at radius 1 is 1.04 bits per heavy atom. The van der Waals surface area contributed by atoms with Crippen LogP contribution in [0.15, 0.2) is 60.8 Å². The van der Waals surface area contributed by atoms with Crippen molar-refractivity contribution in [2.45, 2.75) is 45.7 Å². The van der Waals surface area contributed by atoms with E-state index in [0.29, 0.717) is 5.92 Å². The van der Waals surface area contributed by atoms with E-state index in [4.69, 9.17) is 0 Å². The van der Waals surface area contributed by atoms with Gasteiger partial charge in [-0.05, 0) is 35.1 Å². The molecule has 0 fully saturated rings. The third-order valence-corrected chi connectivity index (χ3v) is 5.09. The van der Waals surface area contributed by atoms with Gasteiger partial charge < -0.3 is 10.2 Å². The van der Waals surface area contributed by atoms with Crippen molar-refractivity contribution in [1.29, 1.82) is 0 Å². The molecule has 28 heavy (non-hydrogen) atoms. The summed E-state index contributed by atoms with van der Waals surface area (Å²) in [4.78, 5) is 26.8. The van der Waals surface area contributed by atoms with Crippen LogP contribution < -0.4 is 5.32 Å². The van der Waals surface area contributed by atoms with E-state index >= 15 is 0 Å². The quantitative estimate of drug-likeness (QED) is 0.783. The molecule has 4 nitrogen and oxygen atoms in total. The van der Waals surface area contributed by atoms with Crippen molar-refractivity contribution >= 4 is 17.9 Å². The van der Waals surface area contributed by atoms with Gasteiger partial charge in [0.05, 0.1) is 18.5 Å². The maximum absolute atomic E-state index is 13.0. The van der Waals surface area contributed by atoms with Crippen molar-refractivity contribution in [2.24, 2.45) is 5.92 Å².